The Morgan fingerprint density at radius 3 is 2.67 bits per heavy atom. The monoisotopic (exact) mass is 191 g/mol. The molecule has 0 radical (unpaired) electrons. The molecule has 1 unspecified atom stereocenters. The van der Waals surface area contributed by atoms with Gasteiger partial charge in [-0.1, -0.05) is 0 Å². The van der Waals surface area contributed by atoms with Gasteiger partial charge in [-0.25, -0.2) is 19.7 Å². The standard InChI is InChI=1S/C3H3P2.Zr/c1-2-4-5-3-1;/h1-2,4H;/q-1;. The molecule has 30 valence electrons. The molecule has 0 amide bonds. The van der Waals surface area contributed by atoms with E-state index in [4.69, 9.17) is 0 Å². The Bertz CT molecular complexity index is 65.3. The van der Waals surface area contributed by atoms with Gasteiger partial charge in [0.25, 0.3) is 0 Å². The van der Waals surface area contributed by atoms with Crippen LogP contribution in [0.15, 0.2) is 11.9 Å². The minimum absolute atomic E-state index is 0. The Morgan fingerprint density at radius 1 is 1.67 bits per heavy atom. The molecule has 1 rings (SSSR count). The fraction of sp³-hybridized carbons (Fsp3) is 0. The van der Waals surface area contributed by atoms with Crippen molar-refractivity contribution in [2.75, 3.05) is 0 Å². The summed E-state index contributed by atoms with van der Waals surface area (Å²) >= 11 is 0. The summed E-state index contributed by atoms with van der Waals surface area (Å²) < 4.78 is 0. The molecule has 0 nitrogen and oxygen atoms in total. The molecule has 0 aliphatic rings. The Labute approximate surface area is 59.6 Å². The average Bonchev–Trinajstić information content (AvgIpc) is 1.76. The second-order valence-corrected chi connectivity index (χ2v) is 3.22. The third-order valence-corrected chi connectivity index (χ3v) is 2.31. The molecular formula is C3H3P2Zr-. The molecule has 0 aliphatic carbocycles. The van der Waals surface area contributed by atoms with E-state index in [9.17, 15) is 0 Å². The summed E-state index contributed by atoms with van der Waals surface area (Å²) in [4.78, 5) is 0. The quantitative estimate of drug-likeness (QED) is 0.552. The molecule has 1 aromatic rings. The van der Waals surface area contributed by atoms with Crippen LogP contribution in [0.2, 0.25) is 0 Å². The topological polar surface area (TPSA) is 0 Å². The normalized spacial score (nSPS) is 9.33. The van der Waals surface area contributed by atoms with Gasteiger partial charge in [0.15, 0.2) is 0 Å². The summed E-state index contributed by atoms with van der Waals surface area (Å²) in [6, 6.07) is 1.99. The maximum atomic E-state index is 3.03. The predicted molar refractivity (Wildman–Crippen MR) is 27.3 cm³/mol. The van der Waals surface area contributed by atoms with Crippen molar-refractivity contribution in [2.45, 2.75) is 0 Å². The molecule has 1 atom stereocenters. The third kappa shape index (κ3) is 2.30. The van der Waals surface area contributed by atoms with E-state index in [1.165, 1.54) is 7.87 Å². The molecule has 0 fully saturated rings. The smallest absolute Gasteiger partial charge is 0 e. The Morgan fingerprint density at radius 2 is 2.50 bits per heavy atom. The fourth-order valence-corrected chi connectivity index (χ4v) is 1.68. The molecule has 0 aliphatic heterocycles. The first kappa shape index (κ1) is 7.09. The van der Waals surface area contributed by atoms with Crippen molar-refractivity contribution in [1.29, 1.82) is 0 Å². The first-order valence-corrected chi connectivity index (χ1v) is 4.17. The second-order valence-electron chi connectivity index (χ2n) is 0.703. The summed E-state index contributed by atoms with van der Waals surface area (Å²) in [6.07, 6.45) is 0. The first-order chi connectivity index (χ1) is 2.50. The minimum atomic E-state index is 0. The van der Waals surface area contributed by atoms with Crippen LogP contribution in [-0.2, 0) is 26.2 Å². The van der Waals surface area contributed by atoms with Crippen molar-refractivity contribution < 1.29 is 26.2 Å². The zero-order valence-electron chi connectivity index (χ0n) is 3.10. The third-order valence-electron chi connectivity index (χ3n) is 0.362. The largest absolute Gasteiger partial charge is 0.225 e. The number of rotatable bonds is 0. The van der Waals surface area contributed by atoms with Crippen LogP contribution in [-0.4, -0.2) is 0 Å². The van der Waals surface area contributed by atoms with Gasteiger partial charge in [-0.2, -0.15) is 13.7 Å². The van der Waals surface area contributed by atoms with Crippen molar-refractivity contribution >= 4 is 15.7 Å². The minimum Gasteiger partial charge on any atom is -0.225 e. The van der Waals surface area contributed by atoms with Crippen molar-refractivity contribution in [3.05, 3.63) is 17.7 Å². The van der Waals surface area contributed by atoms with Gasteiger partial charge < -0.3 is 0 Å². The Hall–Kier alpha value is 1.09. The predicted octanol–water partition coefficient (Wildman–Crippen LogP) is 2.10. The SMILES string of the molecule is [Zr].[c-]1cc[pH]p1. The van der Waals surface area contributed by atoms with Gasteiger partial charge in [0.05, 0.1) is 0 Å². The van der Waals surface area contributed by atoms with Crippen LogP contribution in [0.25, 0.3) is 0 Å². The molecule has 3 heteroatoms. The van der Waals surface area contributed by atoms with Crippen LogP contribution in [0, 0.1) is 5.80 Å². The van der Waals surface area contributed by atoms with Gasteiger partial charge in [-0.15, -0.1) is 0 Å². The van der Waals surface area contributed by atoms with E-state index in [0.717, 1.165) is 7.87 Å². The van der Waals surface area contributed by atoms with E-state index in [-0.39, 0.29) is 26.2 Å². The molecule has 0 saturated carbocycles. The first-order valence-electron chi connectivity index (χ1n) is 1.36. The van der Waals surface area contributed by atoms with Gasteiger partial charge in [0.1, 0.15) is 0 Å². The molecule has 6 heavy (non-hydrogen) atoms. The van der Waals surface area contributed by atoms with E-state index in [2.05, 4.69) is 11.6 Å². The molecule has 0 aromatic carbocycles. The molecule has 1 heterocycles. The van der Waals surface area contributed by atoms with Gasteiger partial charge in [0.2, 0.25) is 0 Å². The zero-order valence-corrected chi connectivity index (χ0v) is 7.45. The molecule has 0 saturated heterocycles. The molecule has 1 aromatic heterocycles. The van der Waals surface area contributed by atoms with Crippen LogP contribution in [0.1, 0.15) is 0 Å². The zero-order chi connectivity index (χ0) is 3.54. The van der Waals surface area contributed by atoms with Crippen LogP contribution < -0.4 is 0 Å². The van der Waals surface area contributed by atoms with Gasteiger partial charge in [-0.05, 0) is 0 Å². The Kier molecular flexibility index (Phi) is 5.03. The van der Waals surface area contributed by atoms with E-state index < -0.39 is 0 Å². The molecule has 0 bridgehead atoms. The van der Waals surface area contributed by atoms with Crippen molar-refractivity contribution in [3.63, 3.8) is 0 Å². The van der Waals surface area contributed by atoms with Crippen LogP contribution in [0.3, 0.4) is 0 Å². The van der Waals surface area contributed by atoms with E-state index in [0.29, 0.717) is 0 Å². The second kappa shape index (κ2) is 4.26. The van der Waals surface area contributed by atoms with E-state index >= 15 is 0 Å². The van der Waals surface area contributed by atoms with Crippen molar-refractivity contribution in [1.82, 2.24) is 0 Å². The van der Waals surface area contributed by atoms with Crippen LogP contribution >= 0.6 is 15.7 Å². The maximum absolute atomic E-state index is 3.03. The van der Waals surface area contributed by atoms with E-state index in [1.54, 1.807) is 0 Å². The van der Waals surface area contributed by atoms with Crippen molar-refractivity contribution in [2.24, 2.45) is 0 Å². The average molecular weight is 192 g/mol. The molecular weight excluding hydrogens is 189 g/mol. The van der Waals surface area contributed by atoms with E-state index in [1.807, 2.05) is 6.07 Å². The van der Waals surface area contributed by atoms with Crippen LogP contribution in [0.5, 0.6) is 0 Å². The Balaban J connectivity index is 0.000000250. The maximum Gasteiger partial charge on any atom is 0 e. The molecule has 0 spiro atoms. The number of hydrogen-bond acceptors (Lipinski definition) is 0. The summed E-state index contributed by atoms with van der Waals surface area (Å²) in [5.74, 6) is 5.17. The summed E-state index contributed by atoms with van der Waals surface area (Å²) in [7, 11) is 2.35. The van der Waals surface area contributed by atoms with Gasteiger partial charge in [0, 0.05) is 26.2 Å². The summed E-state index contributed by atoms with van der Waals surface area (Å²) in [6.45, 7) is 0. The van der Waals surface area contributed by atoms with Crippen LogP contribution in [0.4, 0.5) is 0 Å². The summed E-state index contributed by atoms with van der Waals surface area (Å²) in [5, 5.41) is 0. The van der Waals surface area contributed by atoms with Gasteiger partial charge in [-0.3, -0.25) is 0 Å². The van der Waals surface area contributed by atoms with Crippen molar-refractivity contribution in [3.8, 4) is 0 Å². The summed E-state index contributed by atoms with van der Waals surface area (Å²) in [5.41, 5.74) is 0. The van der Waals surface area contributed by atoms with Gasteiger partial charge >= 0.3 is 0 Å². The number of hydrogen-bond donors (Lipinski definition) is 0. The molecule has 0 N–H and O–H groups in total. The fourth-order valence-electron chi connectivity index (χ4n) is 0.186.